The molecule has 5 heteroatoms. The lowest BCUT2D eigenvalue weighted by atomic mass is 10.1. The maximum absolute atomic E-state index is 12.7. The van der Waals surface area contributed by atoms with Crippen molar-refractivity contribution in [3.05, 3.63) is 65.7 Å². The molecule has 2 amide bonds. The van der Waals surface area contributed by atoms with Gasteiger partial charge in [-0.25, -0.2) is 0 Å². The van der Waals surface area contributed by atoms with Crippen LogP contribution < -0.4 is 10.1 Å². The predicted octanol–water partition coefficient (Wildman–Crippen LogP) is 3.53. The Balaban J connectivity index is 2.07. The molecule has 0 aliphatic carbocycles. The van der Waals surface area contributed by atoms with E-state index in [1.165, 1.54) is 0 Å². The Morgan fingerprint density at radius 1 is 1.07 bits per heavy atom. The fourth-order valence-corrected chi connectivity index (χ4v) is 2.90. The number of methoxy groups -OCH3 is 1. The minimum absolute atomic E-state index is 0.0127. The predicted molar refractivity (Wildman–Crippen MR) is 106 cm³/mol. The fraction of sp³-hybridized carbons (Fsp3) is 0.364. The molecule has 144 valence electrons. The summed E-state index contributed by atoms with van der Waals surface area (Å²) in [5.41, 5.74) is 1.90. The van der Waals surface area contributed by atoms with Crippen LogP contribution in [0.2, 0.25) is 0 Å². The van der Waals surface area contributed by atoms with Crippen molar-refractivity contribution in [1.82, 2.24) is 10.2 Å². The molecular formula is C22H28N2O3. The Morgan fingerprint density at radius 2 is 1.74 bits per heavy atom. The van der Waals surface area contributed by atoms with Crippen LogP contribution in [0.4, 0.5) is 0 Å². The lowest BCUT2D eigenvalue weighted by molar-refractivity contribution is -0.140. The number of hydrogen-bond acceptors (Lipinski definition) is 3. The average molecular weight is 368 g/mol. The van der Waals surface area contributed by atoms with Crippen molar-refractivity contribution in [2.75, 3.05) is 7.11 Å². The van der Waals surface area contributed by atoms with Crippen molar-refractivity contribution in [1.29, 1.82) is 0 Å². The van der Waals surface area contributed by atoms with Crippen molar-refractivity contribution < 1.29 is 14.3 Å². The number of para-hydroxylation sites is 1. The van der Waals surface area contributed by atoms with Crippen molar-refractivity contribution in [2.24, 2.45) is 0 Å². The standard InChI is InChI=1S/C22H28N2O3/c1-4-10-21(25)24(16-18-11-6-5-7-12-18)17(2)22(26)23-15-19-13-8-9-14-20(19)27-3/h5-9,11-14,17H,4,10,15-16H2,1-3H3,(H,23,26)/t17-/m1/s1. The minimum Gasteiger partial charge on any atom is -0.496 e. The molecule has 1 atom stereocenters. The summed E-state index contributed by atoms with van der Waals surface area (Å²) >= 11 is 0. The van der Waals surface area contributed by atoms with E-state index in [1.54, 1.807) is 18.9 Å². The Kier molecular flexibility index (Phi) is 7.86. The number of nitrogens with zero attached hydrogens (tertiary/aromatic N) is 1. The monoisotopic (exact) mass is 368 g/mol. The Hall–Kier alpha value is -2.82. The second kappa shape index (κ2) is 10.4. The highest BCUT2D eigenvalue weighted by Crippen LogP contribution is 2.17. The third-order valence-electron chi connectivity index (χ3n) is 4.47. The molecular weight excluding hydrogens is 340 g/mol. The molecule has 0 radical (unpaired) electrons. The van der Waals surface area contributed by atoms with Gasteiger partial charge in [-0.15, -0.1) is 0 Å². The Labute approximate surface area is 161 Å². The molecule has 0 aliphatic rings. The van der Waals surface area contributed by atoms with Gasteiger partial charge in [0.25, 0.3) is 0 Å². The molecule has 2 aromatic carbocycles. The van der Waals surface area contributed by atoms with E-state index in [2.05, 4.69) is 5.32 Å². The first-order valence-corrected chi connectivity index (χ1v) is 9.29. The summed E-state index contributed by atoms with van der Waals surface area (Å²) in [4.78, 5) is 27.0. The SMILES string of the molecule is CCCC(=O)N(Cc1ccccc1)[C@H](C)C(=O)NCc1ccccc1OC. The van der Waals surface area contributed by atoms with Gasteiger partial charge in [-0.3, -0.25) is 9.59 Å². The summed E-state index contributed by atoms with van der Waals surface area (Å²) in [5.74, 6) is 0.538. The number of carbonyl (C=O) groups excluding carboxylic acids is 2. The van der Waals surface area contributed by atoms with Crippen molar-refractivity contribution in [3.8, 4) is 5.75 Å². The van der Waals surface area contributed by atoms with E-state index in [0.29, 0.717) is 19.5 Å². The highest BCUT2D eigenvalue weighted by molar-refractivity contribution is 5.87. The van der Waals surface area contributed by atoms with Gasteiger partial charge >= 0.3 is 0 Å². The van der Waals surface area contributed by atoms with Gasteiger partial charge in [0.2, 0.25) is 11.8 Å². The van der Waals surface area contributed by atoms with E-state index >= 15 is 0 Å². The number of hydrogen-bond donors (Lipinski definition) is 1. The van der Waals surface area contributed by atoms with Gasteiger partial charge in [-0.05, 0) is 25.0 Å². The lowest BCUT2D eigenvalue weighted by Gasteiger charge is -2.29. The molecule has 0 bridgehead atoms. The summed E-state index contributed by atoms with van der Waals surface area (Å²) in [5, 5.41) is 2.92. The molecule has 2 aromatic rings. The van der Waals surface area contributed by atoms with Crippen molar-refractivity contribution >= 4 is 11.8 Å². The number of nitrogens with one attached hydrogen (secondary N) is 1. The van der Waals surface area contributed by atoms with Crippen LogP contribution in [0.15, 0.2) is 54.6 Å². The maximum atomic E-state index is 12.7. The van der Waals surface area contributed by atoms with Gasteiger partial charge < -0.3 is 15.0 Å². The molecule has 2 rings (SSSR count). The normalized spacial score (nSPS) is 11.5. The summed E-state index contributed by atoms with van der Waals surface area (Å²) in [7, 11) is 1.61. The van der Waals surface area contributed by atoms with Crippen LogP contribution in [0.25, 0.3) is 0 Å². The second-order valence-corrected chi connectivity index (χ2v) is 6.46. The first-order chi connectivity index (χ1) is 13.1. The number of carbonyl (C=O) groups is 2. The molecule has 0 saturated carbocycles. The van der Waals surface area contributed by atoms with Gasteiger partial charge in [0.1, 0.15) is 11.8 Å². The van der Waals surface area contributed by atoms with E-state index in [9.17, 15) is 9.59 Å². The third-order valence-corrected chi connectivity index (χ3v) is 4.47. The topological polar surface area (TPSA) is 58.6 Å². The quantitative estimate of drug-likeness (QED) is 0.737. The molecule has 5 nitrogen and oxygen atoms in total. The molecule has 0 heterocycles. The highest BCUT2D eigenvalue weighted by Gasteiger charge is 2.25. The van der Waals surface area contributed by atoms with Crippen LogP contribution in [0.3, 0.4) is 0 Å². The minimum atomic E-state index is -0.557. The van der Waals surface area contributed by atoms with Gasteiger partial charge in [-0.2, -0.15) is 0 Å². The van der Waals surface area contributed by atoms with Crippen LogP contribution >= 0.6 is 0 Å². The molecule has 1 N–H and O–H groups in total. The van der Waals surface area contributed by atoms with E-state index in [1.807, 2.05) is 61.5 Å². The summed E-state index contributed by atoms with van der Waals surface area (Å²) in [6, 6.07) is 16.7. The summed E-state index contributed by atoms with van der Waals surface area (Å²) in [6.45, 7) is 4.51. The average Bonchev–Trinajstić information content (AvgIpc) is 2.70. The third kappa shape index (κ3) is 5.84. The molecule has 0 unspecified atom stereocenters. The molecule has 0 saturated heterocycles. The Bertz CT molecular complexity index is 746. The smallest absolute Gasteiger partial charge is 0.242 e. The zero-order valence-electron chi connectivity index (χ0n) is 16.3. The summed E-state index contributed by atoms with van der Waals surface area (Å²) in [6.07, 6.45) is 1.18. The van der Waals surface area contributed by atoms with Crippen molar-refractivity contribution in [2.45, 2.75) is 45.8 Å². The molecule has 0 fully saturated rings. The van der Waals surface area contributed by atoms with E-state index in [-0.39, 0.29) is 11.8 Å². The van der Waals surface area contributed by atoms with Crippen LogP contribution in [-0.4, -0.2) is 29.9 Å². The van der Waals surface area contributed by atoms with Gasteiger partial charge in [0.05, 0.1) is 7.11 Å². The van der Waals surface area contributed by atoms with Crippen LogP contribution in [0.1, 0.15) is 37.8 Å². The van der Waals surface area contributed by atoms with Gasteiger partial charge in [0, 0.05) is 25.1 Å². The Morgan fingerprint density at radius 3 is 2.41 bits per heavy atom. The zero-order chi connectivity index (χ0) is 19.6. The van der Waals surface area contributed by atoms with Gasteiger partial charge in [0.15, 0.2) is 0 Å². The highest BCUT2D eigenvalue weighted by atomic mass is 16.5. The van der Waals surface area contributed by atoms with Gasteiger partial charge in [-0.1, -0.05) is 55.5 Å². The first-order valence-electron chi connectivity index (χ1n) is 9.29. The molecule has 27 heavy (non-hydrogen) atoms. The van der Waals surface area contributed by atoms with Crippen LogP contribution in [0, 0.1) is 0 Å². The van der Waals surface area contributed by atoms with Crippen LogP contribution in [0.5, 0.6) is 5.75 Å². The molecule has 0 aliphatic heterocycles. The first kappa shape index (κ1) is 20.5. The number of ether oxygens (including phenoxy) is 1. The zero-order valence-corrected chi connectivity index (χ0v) is 16.3. The summed E-state index contributed by atoms with van der Waals surface area (Å²) < 4.78 is 5.32. The fourth-order valence-electron chi connectivity index (χ4n) is 2.90. The maximum Gasteiger partial charge on any atom is 0.242 e. The second-order valence-electron chi connectivity index (χ2n) is 6.46. The largest absolute Gasteiger partial charge is 0.496 e. The molecule has 0 spiro atoms. The lowest BCUT2D eigenvalue weighted by Crippen LogP contribution is -2.47. The van der Waals surface area contributed by atoms with E-state index in [4.69, 9.17) is 4.74 Å². The van der Waals surface area contributed by atoms with E-state index in [0.717, 1.165) is 23.3 Å². The van der Waals surface area contributed by atoms with Crippen LogP contribution in [-0.2, 0) is 22.7 Å². The number of rotatable bonds is 9. The van der Waals surface area contributed by atoms with E-state index < -0.39 is 6.04 Å². The number of amides is 2. The van der Waals surface area contributed by atoms with Crippen molar-refractivity contribution in [3.63, 3.8) is 0 Å². The number of benzene rings is 2. The molecule has 0 aromatic heterocycles.